The Morgan fingerprint density at radius 3 is 2.53 bits per heavy atom. The van der Waals surface area contributed by atoms with Gasteiger partial charge in [-0.3, -0.25) is 4.79 Å². The number of methoxy groups -OCH3 is 1. The number of hydrogen-bond donors (Lipinski definition) is 2. The third-order valence-corrected chi connectivity index (χ3v) is 5.81. The molecular formula is C22H21FN2O4S. The zero-order chi connectivity index (χ0) is 21.7. The number of halogens is 1. The van der Waals surface area contributed by atoms with E-state index in [4.69, 9.17) is 4.74 Å². The molecule has 0 saturated heterocycles. The summed E-state index contributed by atoms with van der Waals surface area (Å²) in [6.07, 6.45) is 0. The fourth-order valence-electron chi connectivity index (χ4n) is 2.87. The summed E-state index contributed by atoms with van der Waals surface area (Å²) >= 11 is 0. The fourth-order valence-corrected chi connectivity index (χ4v) is 3.90. The van der Waals surface area contributed by atoms with Crippen molar-refractivity contribution >= 4 is 21.6 Å². The van der Waals surface area contributed by atoms with Gasteiger partial charge in [0.15, 0.2) is 0 Å². The summed E-state index contributed by atoms with van der Waals surface area (Å²) in [6, 6.07) is 17.1. The van der Waals surface area contributed by atoms with Crippen LogP contribution in [-0.4, -0.2) is 21.4 Å². The zero-order valence-corrected chi connectivity index (χ0v) is 17.3. The SMILES string of the molecule is COc1ccccc1CNS(=O)(=O)c1ccc(F)c(C(=O)Nc2cccc(C)c2)c1. The summed E-state index contributed by atoms with van der Waals surface area (Å²) in [4.78, 5) is 12.3. The van der Waals surface area contributed by atoms with Crippen molar-refractivity contribution in [2.24, 2.45) is 0 Å². The average Bonchev–Trinajstić information content (AvgIpc) is 2.72. The molecule has 8 heteroatoms. The van der Waals surface area contributed by atoms with E-state index in [0.717, 1.165) is 23.8 Å². The average molecular weight is 428 g/mol. The first-order valence-electron chi connectivity index (χ1n) is 9.09. The van der Waals surface area contributed by atoms with Crippen molar-refractivity contribution in [3.63, 3.8) is 0 Å². The maximum Gasteiger partial charge on any atom is 0.258 e. The summed E-state index contributed by atoms with van der Waals surface area (Å²) in [5.41, 5.74) is 1.69. The third kappa shape index (κ3) is 5.03. The number of sulfonamides is 1. The molecule has 0 aliphatic carbocycles. The Kier molecular flexibility index (Phi) is 6.49. The third-order valence-electron chi connectivity index (χ3n) is 4.41. The van der Waals surface area contributed by atoms with E-state index in [9.17, 15) is 17.6 Å². The van der Waals surface area contributed by atoms with Gasteiger partial charge in [0.1, 0.15) is 11.6 Å². The maximum atomic E-state index is 14.2. The van der Waals surface area contributed by atoms with Crippen LogP contribution in [0.2, 0.25) is 0 Å². The molecule has 0 aliphatic rings. The number of ether oxygens (including phenoxy) is 1. The molecule has 30 heavy (non-hydrogen) atoms. The normalized spacial score (nSPS) is 11.2. The molecule has 6 nitrogen and oxygen atoms in total. The Bertz CT molecular complexity index is 1180. The second kappa shape index (κ2) is 9.06. The number of anilines is 1. The van der Waals surface area contributed by atoms with Crippen molar-refractivity contribution in [3.8, 4) is 5.75 Å². The van der Waals surface area contributed by atoms with E-state index in [1.165, 1.54) is 7.11 Å². The zero-order valence-electron chi connectivity index (χ0n) is 16.5. The van der Waals surface area contributed by atoms with E-state index in [1.54, 1.807) is 42.5 Å². The highest BCUT2D eigenvalue weighted by atomic mass is 32.2. The van der Waals surface area contributed by atoms with E-state index in [2.05, 4.69) is 10.0 Å². The summed E-state index contributed by atoms with van der Waals surface area (Å²) in [5, 5.41) is 2.58. The van der Waals surface area contributed by atoms with Gasteiger partial charge in [0.25, 0.3) is 5.91 Å². The molecule has 0 fully saturated rings. The van der Waals surface area contributed by atoms with Gasteiger partial charge in [0, 0.05) is 17.8 Å². The Morgan fingerprint density at radius 2 is 1.80 bits per heavy atom. The minimum atomic E-state index is -3.99. The maximum absolute atomic E-state index is 14.2. The van der Waals surface area contributed by atoms with E-state index >= 15 is 0 Å². The minimum absolute atomic E-state index is 0.0193. The van der Waals surface area contributed by atoms with Gasteiger partial charge in [-0.25, -0.2) is 17.5 Å². The monoisotopic (exact) mass is 428 g/mol. The van der Waals surface area contributed by atoms with Crippen LogP contribution in [0.5, 0.6) is 5.75 Å². The molecule has 0 aromatic heterocycles. The molecule has 2 N–H and O–H groups in total. The van der Waals surface area contributed by atoms with Gasteiger partial charge < -0.3 is 10.1 Å². The molecular weight excluding hydrogens is 407 g/mol. The fraction of sp³-hybridized carbons (Fsp3) is 0.136. The van der Waals surface area contributed by atoms with Crippen LogP contribution in [0.1, 0.15) is 21.5 Å². The van der Waals surface area contributed by atoms with Gasteiger partial charge in [-0.15, -0.1) is 0 Å². The first-order valence-corrected chi connectivity index (χ1v) is 10.6. The smallest absolute Gasteiger partial charge is 0.258 e. The molecule has 3 rings (SSSR count). The Hall–Kier alpha value is -3.23. The van der Waals surface area contributed by atoms with E-state index in [1.807, 2.05) is 13.0 Å². The highest BCUT2D eigenvalue weighted by Crippen LogP contribution is 2.20. The molecule has 0 unspecified atom stereocenters. The van der Waals surface area contributed by atoms with Gasteiger partial charge in [0.05, 0.1) is 17.6 Å². The van der Waals surface area contributed by atoms with Crippen LogP contribution in [0.25, 0.3) is 0 Å². The molecule has 0 saturated carbocycles. The van der Waals surface area contributed by atoms with Crippen LogP contribution < -0.4 is 14.8 Å². The number of rotatable bonds is 7. The number of carbonyl (C=O) groups is 1. The van der Waals surface area contributed by atoms with Crippen molar-refractivity contribution in [1.29, 1.82) is 0 Å². The van der Waals surface area contributed by atoms with Crippen LogP contribution >= 0.6 is 0 Å². The van der Waals surface area contributed by atoms with Crippen molar-refractivity contribution in [2.75, 3.05) is 12.4 Å². The van der Waals surface area contributed by atoms with E-state index in [0.29, 0.717) is 17.0 Å². The van der Waals surface area contributed by atoms with Crippen molar-refractivity contribution in [1.82, 2.24) is 4.72 Å². The quantitative estimate of drug-likeness (QED) is 0.598. The molecule has 156 valence electrons. The van der Waals surface area contributed by atoms with Crippen LogP contribution in [0, 0.1) is 12.7 Å². The largest absolute Gasteiger partial charge is 0.496 e. The number of amides is 1. The number of hydrogen-bond acceptors (Lipinski definition) is 4. The van der Waals surface area contributed by atoms with Gasteiger partial charge in [-0.05, 0) is 48.9 Å². The summed E-state index contributed by atoms with van der Waals surface area (Å²) < 4.78 is 47.3. The molecule has 0 aliphatic heterocycles. The lowest BCUT2D eigenvalue weighted by Gasteiger charge is -2.12. The van der Waals surface area contributed by atoms with Gasteiger partial charge in [-0.2, -0.15) is 0 Å². The van der Waals surface area contributed by atoms with Gasteiger partial charge >= 0.3 is 0 Å². The lowest BCUT2D eigenvalue weighted by Crippen LogP contribution is -2.24. The van der Waals surface area contributed by atoms with Crippen LogP contribution in [-0.2, 0) is 16.6 Å². The number of aryl methyl sites for hydroxylation is 1. The Balaban J connectivity index is 1.81. The predicted molar refractivity (Wildman–Crippen MR) is 113 cm³/mol. The molecule has 3 aromatic carbocycles. The first kappa shape index (κ1) is 21.5. The lowest BCUT2D eigenvalue weighted by atomic mass is 10.1. The van der Waals surface area contributed by atoms with Crippen molar-refractivity contribution in [2.45, 2.75) is 18.4 Å². The number of benzene rings is 3. The topological polar surface area (TPSA) is 84.5 Å². The van der Waals surface area contributed by atoms with E-state index in [-0.39, 0.29) is 17.0 Å². The molecule has 3 aromatic rings. The first-order chi connectivity index (χ1) is 14.3. The second-order valence-electron chi connectivity index (χ2n) is 6.60. The van der Waals surface area contributed by atoms with Crippen LogP contribution in [0.4, 0.5) is 10.1 Å². The highest BCUT2D eigenvalue weighted by Gasteiger charge is 2.20. The van der Waals surface area contributed by atoms with Crippen LogP contribution in [0.3, 0.4) is 0 Å². The second-order valence-corrected chi connectivity index (χ2v) is 8.37. The molecule has 0 radical (unpaired) electrons. The van der Waals surface area contributed by atoms with Crippen molar-refractivity contribution < 1.29 is 22.3 Å². The Labute approximate surface area is 174 Å². The summed E-state index contributed by atoms with van der Waals surface area (Å²) in [7, 11) is -2.50. The molecule has 0 heterocycles. The molecule has 0 bridgehead atoms. The molecule has 1 amide bonds. The lowest BCUT2D eigenvalue weighted by molar-refractivity contribution is 0.102. The Morgan fingerprint density at radius 1 is 1.03 bits per heavy atom. The predicted octanol–water partition coefficient (Wildman–Crippen LogP) is 3.87. The van der Waals surface area contributed by atoms with Crippen LogP contribution in [0.15, 0.2) is 71.6 Å². The van der Waals surface area contributed by atoms with Crippen molar-refractivity contribution in [3.05, 3.63) is 89.2 Å². The molecule has 0 spiro atoms. The summed E-state index contributed by atoms with van der Waals surface area (Å²) in [6.45, 7) is 1.84. The van der Waals surface area contributed by atoms with E-state index < -0.39 is 21.7 Å². The standard InChI is InChI=1S/C22H21FN2O4S/c1-15-6-5-8-17(12-15)25-22(26)19-13-18(10-11-20(19)23)30(27,28)24-14-16-7-3-4-9-21(16)29-2/h3-13,24H,14H2,1-2H3,(H,25,26). The molecule has 0 atom stereocenters. The minimum Gasteiger partial charge on any atom is -0.496 e. The highest BCUT2D eigenvalue weighted by molar-refractivity contribution is 7.89. The number of nitrogens with one attached hydrogen (secondary N) is 2. The van der Waals surface area contributed by atoms with Gasteiger partial charge in [0.2, 0.25) is 10.0 Å². The van der Waals surface area contributed by atoms with Gasteiger partial charge in [-0.1, -0.05) is 30.3 Å². The number of para-hydroxylation sites is 1. The number of carbonyl (C=O) groups excluding carboxylic acids is 1. The summed E-state index contributed by atoms with van der Waals surface area (Å²) in [5.74, 6) is -1.01.